The largest absolute Gasteiger partial charge is 0.508 e. The molecule has 1 aromatic carbocycles. The van der Waals surface area contributed by atoms with Crippen LogP contribution in [0.4, 0.5) is 0 Å². The van der Waals surface area contributed by atoms with Crippen LogP contribution in [-0.2, 0) is 35.2 Å². The zero-order chi connectivity index (χ0) is 30.6. The second-order valence-electron chi connectivity index (χ2n) is 8.76. The number of benzene rings is 1. The summed E-state index contributed by atoms with van der Waals surface area (Å²) in [6.07, 6.45) is -2.50. The minimum Gasteiger partial charge on any atom is -0.508 e. The van der Waals surface area contributed by atoms with Crippen LogP contribution < -0.4 is 32.7 Å². The summed E-state index contributed by atoms with van der Waals surface area (Å²) in [7, 11) is 0. The third-order valence-electron chi connectivity index (χ3n) is 5.44. The average molecular weight is 571 g/mol. The van der Waals surface area contributed by atoms with Gasteiger partial charge in [0.05, 0.1) is 25.7 Å². The summed E-state index contributed by atoms with van der Waals surface area (Å²) >= 11 is 0. The molecule has 5 amide bonds. The number of carbonyl (C=O) groups excluding carboxylic acids is 5. The number of amides is 5. The molecular formula is C23H34N6O11. The minimum atomic E-state index is -1.76. The van der Waals surface area contributed by atoms with Crippen LogP contribution >= 0.6 is 0 Å². The van der Waals surface area contributed by atoms with Crippen LogP contribution in [0.25, 0.3) is 0 Å². The summed E-state index contributed by atoms with van der Waals surface area (Å²) in [5, 5.41) is 56.0. The molecule has 40 heavy (non-hydrogen) atoms. The molecule has 0 aliphatic rings. The summed E-state index contributed by atoms with van der Waals surface area (Å²) in [4.78, 5) is 73.1. The van der Waals surface area contributed by atoms with Crippen LogP contribution in [0.2, 0.25) is 0 Å². The van der Waals surface area contributed by atoms with E-state index in [1.54, 1.807) is 0 Å². The number of aliphatic hydroxyl groups excluding tert-OH is 3. The first kappa shape index (κ1) is 33.7. The van der Waals surface area contributed by atoms with Gasteiger partial charge in [-0.2, -0.15) is 0 Å². The van der Waals surface area contributed by atoms with Crippen LogP contribution in [-0.4, -0.2) is 111 Å². The number of primary amides is 1. The zero-order valence-electron chi connectivity index (χ0n) is 21.4. The van der Waals surface area contributed by atoms with Gasteiger partial charge in [0.2, 0.25) is 29.5 Å². The van der Waals surface area contributed by atoms with E-state index in [4.69, 9.17) is 16.6 Å². The molecule has 0 aliphatic heterocycles. The van der Waals surface area contributed by atoms with E-state index in [2.05, 4.69) is 21.3 Å². The number of aliphatic hydroxyl groups is 3. The molecule has 13 N–H and O–H groups in total. The second kappa shape index (κ2) is 15.9. The number of hydrogen-bond donors (Lipinski definition) is 11. The lowest BCUT2D eigenvalue weighted by molar-refractivity contribution is -0.143. The molecule has 0 fully saturated rings. The van der Waals surface area contributed by atoms with Crippen molar-refractivity contribution in [3.8, 4) is 5.75 Å². The van der Waals surface area contributed by atoms with Crippen molar-refractivity contribution in [2.75, 3.05) is 13.2 Å². The van der Waals surface area contributed by atoms with Crippen molar-refractivity contribution in [1.82, 2.24) is 21.3 Å². The topological polar surface area (TPSA) is 304 Å². The van der Waals surface area contributed by atoms with Gasteiger partial charge in [0.15, 0.2) is 0 Å². The van der Waals surface area contributed by atoms with Crippen LogP contribution in [0.15, 0.2) is 24.3 Å². The number of aromatic hydroxyl groups is 1. The van der Waals surface area contributed by atoms with Crippen molar-refractivity contribution in [1.29, 1.82) is 0 Å². The normalized spacial score (nSPS) is 15.3. The fraction of sp³-hybridized carbons (Fsp3) is 0.478. The van der Waals surface area contributed by atoms with Crippen LogP contribution in [0.5, 0.6) is 5.75 Å². The summed E-state index contributed by atoms with van der Waals surface area (Å²) in [5.74, 6) is -6.95. The van der Waals surface area contributed by atoms with E-state index >= 15 is 0 Å². The number of carbonyl (C=O) groups is 6. The summed E-state index contributed by atoms with van der Waals surface area (Å²) in [5.41, 5.74) is 10.9. The quantitative estimate of drug-likeness (QED) is 0.0887. The lowest BCUT2D eigenvalue weighted by atomic mass is 10.0. The van der Waals surface area contributed by atoms with E-state index in [0.717, 1.165) is 6.92 Å². The Morgan fingerprint density at radius 1 is 0.800 bits per heavy atom. The molecule has 222 valence electrons. The highest BCUT2D eigenvalue weighted by Gasteiger charge is 2.33. The van der Waals surface area contributed by atoms with E-state index in [1.165, 1.54) is 24.3 Å². The summed E-state index contributed by atoms with van der Waals surface area (Å²) in [6, 6.07) is -2.55. The third-order valence-corrected chi connectivity index (χ3v) is 5.44. The van der Waals surface area contributed by atoms with Crippen molar-refractivity contribution in [2.45, 2.75) is 56.1 Å². The highest BCUT2D eigenvalue weighted by molar-refractivity contribution is 5.97. The van der Waals surface area contributed by atoms with Gasteiger partial charge in [0.25, 0.3) is 0 Å². The van der Waals surface area contributed by atoms with E-state index in [0.29, 0.717) is 5.56 Å². The predicted octanol–water partition coefficient (Wildman–Crippen LogP) is -5.47. The first-order valence-electron chi connectivity index (χ1n) is 11.9. The fourth-order valence-corrected chi connectivity index (χ4v) is 3.23. The highest BCUT2D eigenvalue weighted by Crippen LogP contribution is 2.12. The number of carboxylic acid groups (broad SMARTS) is 1. The van der Waals surface area contributed by atoms with Crippen LogP contribution in [0, 0.1) is 0 Å². The maximum Gasteiger partial charge on any atom is 0.326 e. The Balaban J connectivity index is 2.97. The summed E-state index contributed by atoms with van der Waals surface area (Å²) in [6.45, 7) is -0.688. The van der Waals surface area contributed by atoms with Gasteiger partial charge in [-0.25, -0.2) is 4.79 Å². The molecule has 0 aliphatic carbocycles. The molecule has 6 atom stereocenters. The first-order chi connectivity index (χ1) is 18.7. The molecule has 0 bridgehead atoms. The lowest BCUT2D eigenvalue weighted by Crippen LogP contribution is -2.61. The number of rotatable bonds is 16. The van der Waals surface area contributed by atoms with Gasteiger partial charge < -0.3 is 58.3 Å². The Morgan fingerprint density at radius 2 is 1.32 bits per heavy atom. The van der Waals surface area contributed by atoms with Gasteiger partial charge in [-0.1, -0.05) is 12.1 Å². The van der Waals surface area contributed by atoms with Crippen LogP contribution in [0.3, 0.4) is 0 Å². The molecular weight excluding hydrogens is 536 g/mol. The Bertz CT molecular complexity index is 1070. The molecule has 0 spiro atoms. The zero-order valence-corrected chi connectivity index (χ0v) is 21.4. The molecule has 0 aromatic heterocycles. The summed E-state index contributed by atoms with van der Waals surface area (Å²) < 4.78 is 0. The predicted molar refractivity (Wildman–Crippen MR) is 135 cm³/mol. The maximum atomic E-state index is 12.8. The number of phenols is 1. The monoisotopic (exact) mass is 570 g/mol. The van der Waals surface area contributed by atoms with Crippen molar-refractivity contribution < 1.29 is 54.3 Å². The minimum absolute atomic E-state index is 0.0564. The van der Waals surface area contributed by atoms with Crippen molar-refractivity contribution in [3.05, 3.63) is 29.8 Å². The molecule has 1 aromatic rings. The number of carboxylic acids is 1. The molecule has 17 nitrogen and oxygen atoms in total. The molecule has 0 unspecified atom stereocenters. The lowest BCUT2D eigenvalue weighted by Gasteiger charge is -2.26. The Hall–Kier alpha value is -4.32. The number of phenolic OH excluding ortho intramolecular Hbond substituents is 1. The van der Waals surface area contributed by atoms with Gasteiger partial charge in [-0.05, 0) is 24.6 Å². The smallest absolute Gasteiger partial charge is 0.326 e. The SMILES string of the molecule is C[C@@H](O)[C@H](NC(=O)[C@H](CO)NC(=O)[C@H](CC(N)=O)NC(=O)[C@@H](N)CO)C(=O)N[C@@H](Cc1ccc(O)cc1)C(=O)O. The van der Waals surface area contributed by atoms with Gasteiger partial charge in [0.1, 0.15) is 36.0 Å². The molecule has 0 heterocycles. The first-order valence-corrected chi connectivity index (χ1v) is 11.9. The third kappa shape index (κ3) is 10.8. The van der Waals surface area contributed by atoms with Gasteiger partial charge >= 0.3 is 5.97 Å². The van der Waals surface area contributed by atoms with Gasteiger partial charge in [0, 0.05) is 6.42 Å². The second-order valence-corrected chi connectivity index (χ2v) is 8.76. The molecule has 0 radical (unpaired) electrons. The molecule has 17 heteroatoms. The Morgan fingerprint density at radius 3 is 1.80 bits per heavy atom. The Labute approximate surface area is 227 Å². The van der Waals surface area contributed by atoms with Crippen molar-refractivity contribution in [2.24, 2.45) is 11.5 Å². The number of nitrogens with one attached hydrogen (secondary N) is 4. The van der Waals surface area contributed by atoms with E-state index in [-0.39, 0.29) is 12.2 Å². The Kier molecular flexibility index (Phi) is 13.4. The van der Waals surface area contributed by atoms with Crippen LogP contribution in [0.1, 0.15) is 18.9 Å². The van der Waals surface area contributed by atoms with E-state index in [1.807, 2.05) is 0 Å². The average Bonchev–Trinajstić information content (AvgIpc) is 2.89. The molecule has 0 saturated heterocycles. The van der Waals surface area contributed by atoms with Gasteiger partial charge in [-0.3, -0.25) is 24.0 Å². The van der Waals surface area contributed by atoms with E-state index < -0.39 is 91.5 Å². The van der Waals surface area contributed by atoms with Crippen molar-refractivity contribution >= 4 is 35.5 Å². The maximum absolute atomic E-state index is 12.8. The van der Waals surface area contributed by atoms with Gasteiger partial charge in [-0.15, -0.1) is 0 Å². The highest BCUT2D eigenvalue weighted by atomic mass is 16.4. The standard InChI is InChI=1S/C23H34N6O11/c1-10(32)18(22(38)27-15(23(39)40)6-11-2-4-12(33)5-3-11)29-21(37)16(9-31)28-20(36)14(7-17(25)34)26-19(35)13(24)8-30/h2-5,10,13-16,18,30-33H,6-9,24H2,1H3,(H2,25,34)(H,26,35)(H,27,38)(H,28,36)(H,29,37)(H,39,40)/t10-,13+,14+,15+,16+,18+/m1/s1. The number of hydrogen-bond acceptors (Lipinski definition) is 11. The van der Waals surface area contributed by atoms with E-state index in [9.17, 15) is 49.2 Å². The number of nitrogens with two attached hydrogens (primary N) is 2. The fourth-order valence-electron chi connectivity index (χ4n) is 3.23. The number of aliphatic carboxylic acids is 1. The molecule has 0 saturated carbocycles. The van der Waals surface area contributed by atoms with Crippen molar-refractivity contribution in [3.63, 3.8) is 0 Å². The molecule has 1 rings (SSSR count).